The highest BCUT2D eigenvalue weighted by Crippen LogP contribution is 2.32. The molecule has 1 saturated heterocycles. The van der Waals surface area contributed by atoms with Crippen LogP contribution in [-0.4, -0.2) is 30.2 Å². The summed E-state index contributed by atoms with van der Waals surface area (Å²) in [4.78, 5) is 12.6. The van der Waals surface area contributed by atoms with Crippen molar-refractivity contribution in [3.05, 3.63) is 29.3 Å². The number of hydrogen-bond acceptors (Lipinski definition) is 3. The van der Waals surface area contributed by atoms with E-state index < -0.39 is 23.2 Å². The summed E-state index contributed by atoms with van der Waals surface area (Å²) in [5.41, 5.74) is 5.21. The normalized spacial score (nSPS) is 22.4. The number of carboxylic acid groups (broad SMARTS) is 1. The van der Waals surface area contributed by atoms with Crippen LogP contribution in [0.4, 0.5) is 14.5 Å². The van der Waals surface area contributed by atoms with Crippen molar-refractivity contribution >= 4 is 11.7 Å². The van der Waals surface area contributed by atoms with Crippen LogP contribution in [0.2, 0.25) is 0 Å². The van der Waals surface area contributed by atoms with Gasteiger partial charge in [0.05, 0.1) is 11.3 Å². The second kappa shape index (κ2) is 6.39. The zero-order valence-corrected chi connectivity index (χ0v) is 12.0. The maximum absolute atomic E-state index is 14.2. The fourth-order valence-electron chi connectivity index (χ4n) is 2.97. The Morgan fingerprint density at radius 2 is 2.14 bits per heavy atom. The summed E-state index contributed by atoms with van der Waals surface area (Å²) in [6, 6.07) is 2.39. The second-order valence-electron chi connectivity index (χ2n) is 5.45. The Hall–Kier alpha value is -1.69. The van der Waals surface area contributed by atoms with Crippen molar-refractivity contribution in [1.29, 1.82) is 0 Å². The summed E-state index contributed by atoms with van der Waals surface area (Å²) >= 11 is 0. The Balaban J connectivity index is 2.33. The minimum atomic E-state index is -1.47. The number of nitrogens with two attached hydrogens (primary N) is 1. The minimum Gasteiger partial charge on any atom is -0.478 e. The van der Waals surface area contributed by atoms with E-state index >= 15 is 0 Å². The first kappa shape index (κ1) is 15.7. The van der Waals surface area contributed by atoms with Crippen molar-refractivity contribution in [3.8, 4) is 0 Å². The van der Waals surface area contributed by atoms with E-state index in [1.807, 2.05) is 0 Å². The molecule has 0 amide bonds. The molecule has 1 aliphatic heterocycles. The van der Waals surface area contributed by atoms with Gasteiger partial charge >= 0.3 is 5.97 Å². The van der Waals surface area contributed by atoms with E-state index in [-0.39, 0.29) is 11.7 Å². The molecule has 3 N–H and O–H groups in total. The van der Waals surface area contributed by atoms with Gasteiger partial charge in [-0.1, -0.05) is 13.3 Å². The van der Waals surface area contributed by atoms with E-state index in [0.717, 1.165) is 25.3 Å². The molecule has 21 heavy (non-hydrogen) atoms. The highest BCUT2D eigenvalue weighted by atomic mass is 19.2. The average molecular weight is 298 g/mol. The van der Waals surface area contributed by atoms with Gasteiger partial charge < -0.3 is 15.7 Å². The molecule has 1 fully saturated rings. The molecule has 1 heterocycles. The van der Waals surface area contributed by atoms with E-state index in [1.165, 1.54) is 6.07 Å². The standard InChI is InChI=1S/C15H20F2N2O2/c1-2-9-5-6-19(10(7-9)8-18)12-4-3-11(15(20)21)13(16)14(12)17/h3-4,9-10H,2,5-8,18H2,1H3,(H,20,21). The highest BCUT2D eigenvalue weighted by Gasteiger charge is 2.30. The third kappa shape index (κ3) is 3.00. The molecule has 0 saturated carbocycles. The summed E-state index contributed by atoms with van der Waals surface area (Å²) < 4.78 is 28.0. The van der Waals surface area contributed by atoms with Gasteiger partial charge in [0.1, 0.15) is 0 Å². The molecular weight excluding hydrogens is 278 g/mol. The molecule has 2 unspecified atom stereocenters. The lowest BCUT2D eigenvalue weighted by Gasteiger charge is -2.40. The largest absolute Gasteiger partial charge is 0.478 e. The number of anilines is 1. The van der Waals surface area contributed by atoms with Gasteiger partial charge in [-0.3, -0.25) is 0 Å². The van der Waals surface area contributed by atoms with Gasteiger partial charge in [-0.2, -0.15) is 0 Å². The van der Waals surface area contributed by atoms with Crippen LogP contribution >= 0.6 is 0 Å². The molecule has 2 atom stereocenters. The number of rotatable bonds is 4. The number of benzene rings is 1. The summed E-state index contributed by atoms with van der Waals surface area (Å²) in [6.45, 7) is 3.07. The molecule has 1 aromatic rings. The zero-order valence-electron chi connectivity index (χ0n) is 12.0. The second-order valence-corrected chi connectivity index (χ2v) is 5.45. The lowest BCUT2D eigenvalue weighted by atomic mass is 9.88. The Labute approximate surface area is 122 Å². The molecule has 2 rings (SSSR count). The van der Waals surface area contributed by atoms with E-state index in [1.54, 1.807) is 4.90 Å². The van der Waals surface area contributed by atoms with Gasteiger partial charge in [0.25, 0.3) is 0 Å². The fourth-order valence-corrected chi connectivity index (χ4v) is 2.97. The Kier molecular flexibility index (Phi) is 4.77. The SMILES string of the molecule is CCC1CCN(c2ccc(C(=O)O)c(F)c2F)C(CN)C1. The number of halogens is 2. The predicted molar refractivity (Wildman–Crippen MR) is 76.5 cm³/mol. The molecule has 0 bridgehead atoms. The smallest absolute Gasteiger partial charge is 0.338 e. The first-order valence-corrected chi connectivity index (χ1v) is 7.17. The molecule has 0 aliphatic carbocycles. The van der Waals surface area contributed by atoms with Crippen molar-refractivity contribution in [2.45, 2.75) is 32.2 Å². The molecule has 0 radical (unpaired) electrons. The molecule has 4 nitrogen and oxygen atoms in total. The topological polar surface area (TPSA) is 66.6 Å². The molecule has 6 heteroatoms. The van der Waals surface area contributed by atoms with E-state index in [4.69, 9.17) is 10.8 Å². The Morgan fingerprint density at radius 1 is 1.43 bits per heavy atom. The number of hydrogen-bond donors (Lipinski definition) is 2. The molecule has 0 spiro atoms. The Morgan fingerprint density at radius 3 is 2.71 bits per heavy atom. The molecule has 1 aromatic carbocycles. The van der Waals surface area contributed by atoms with Crippen LogP contribution in [0, 0.1) is 17.6 Å². The van der Waals surface area contributed by atoms with Crippen LogP contribution < -0.4 is 10.6 Å². The summed E-state index contributed by atoms with van der Waals surface area (Å²) in [6.07, 6.45) is 2.78. The first-order chi connectivity index (χ1) is 9.99. The molecule has 116 valence electrons. The zero-order chi connectivity index (χ0) is 15.6. The van der Waals surface area contributed by atoms with Crippen molar-refractivity contribution in [2.24, 2.45) is 11.7 Å². The van der Waals surface area contributed by atoms with Crippen LogP contribution in [0.5, 0.6) is 0 Å². The molecule has 0 aromatic heterocycles. The third-order valence-electron chi connectivity index (χ3n) is 4.28. The van der Waals surface area contributed by atoms with Gasteiger partial charge in [-0.05, 0) is 30.9 Å². The Bertz CT molecular complexity index is 537. The number of carboxylic acids is 1. The quantitative estimate of drug-likeness (QED) is 0.896. The number of carbonyl (C=O) groups is 1. The highest BCUT2D eigenvalue weighted by molar-refractivity contribution is 5.88. The van der Waals surface area contributed by atoms with Gasteiger partial charge in [-0.25, -0.2) is 13.6 Å². The number of piperidine rings is 1. The lowest BCUT2D eigenvalue weighted by molar-refractivity contribution is 0.0690. The average Bonchev–Trinajstić information content (AvgIpc) is 2.49. The van der Waals surface area contributed by atoms with Crippen molar-refractivity contribution < 1.29 is 18.7 Å². The van der Waals surface area contributed by atoms with Crippen LogP contribution in [0.1, 0.15) is 36.5 Å². The monoisotopic (exact) mass is 298 g/mol. The van der Waals surface area contributed by atoms with E-state index in [0.29, 0.717) is 19.0 Å². The van der Waals surface area contributed by atoms with Gasteiger partial charge in [0.2, 0.25) is 0 Å². The number of nitrogens with zero attached hydrogens (tertiary/aromatic N) is 1. The first-order valence-electron chi connectivity index (χ1n) is 7.17. The maximum atomic E-state index is 14.2. The predicted octanol–water partition coefficient (Wildman–Crippen LogP) is 2.62. The van der Waals surface area contributed by atoms with E-state index in [2.05, 4.69) is 6.92 Å². The molecular formula is C15H20F2N2O2. The van der Waals surface area contributed by atoms with Crippen LogP contribution in [0.3, 0.4) is 0 Å². The summed E-state index contributed by atoms with van der Waals surface area (Å²) in [5.74, 6) is -3.35. The third-order valence-corrected chi connectivity index (χ3v) is 4.28. The minimum absolute atomic E-state index is 0.0479. The summed E-state index contributed by atoms with van der Waals surface area (Å²) in [5, 5.41) is 8.82. The summed E-state index contributed by atoms with van der Waals surface area (Å²) in [7, 11) is 0. The van der Waals surface area contributed by atoms with Crippen molar-refractivity contribution in [3.63, 3.8) is 0 Å². The number of aromatic carboxylic acids is 1. The lowest BCUT2D eigenvalue weighted by Crippen LogP contribution is -2.47. The van der Waals surface area contributed by atoms with Crippen molar-refractivity contribution in [1.82, 2.24) is 0 Å². The van der Waals surface area contributed by atoms with Crippen molar-refractivity contribution in [2.75, 3.05) is 18.0 Å². The maximum Gasteiger partial charge on any atom is 0.338 e. The fraction of sp³-hybridized carbons (Fsp3) is 0.533. The van der Waals surface area contributed by atoms with Crippen LogP contribution in [-0.2, 0) is 0 Å². The van der Waals surface area contributed by atoms with Gasteiger partial charge in [0, 0.05) is 19.1 Å². The van der Waals surface area contributed by atoms with Gasteiger partial charge in [0.15, 0.2) is 11.6 Å². The van der Waals surface area contributed by atoms with Crippen LogP contribution in [0.25, 0.3) is 0 Å². The van der Waals surface area contributed by atoms with Gasteiger partial charge in [-0.15, -0.1) is 0 Å². The molecule has 1 aliphatic rings. The van der Waals surface area contributed by atoms with Crippen LogP contribution in [0.15, 0.2) is 12.1 Å². The van der Waals surface area contributed by atoms with E-state index in [9.17, 15) is 13.6 Å².